The van der Waals surface area contributed by atoms with Gasteiger partial charge < -0.3 is 5.11 Å². The predicted octanol–water partition coefficient (Wildman–Crippen LogP) is 4.41. The second kappa shape index (κ2) is 7.48. The molecule has 0 radical (unpaired) electrons. The Morgan fingerprint density at radius 1 is 1.24 bits per heavy atom. The number of carbonyl (C=O) groups is 1. The van der Waals surface area contributed by atoms with Crippen LogP contribution in [0, 0.1) is 5.82 Å². The van der Waals surface area contributed by atoms with Gasteiger partial charge in [0.15, 0.2) is 0 Å². The van der Waals surface area contributed by atoms with E-state index in [0.29, 0.717) is 17.0 Å². The Morgan fingerprint density at radius 3 is 2.62 bits per heavy atom. The van der Waals surface area contributed by atoms with Crippen LogP contribution in [0.25, 0.3) is 0 Å². The largest absolute Gasteiger partial charge is 0.480 e. The molecule has 0 spiro atoms. The highest BCUT2D eigenvalue weighted by Gasteiger charge is 2.19. The Hall–Kier alpha value is -1.52. The van der Waals surface area contributed by atoms with Crippen LogP contribution in [0.4, 0.5) is 4.39 Å². The Bertz CT molecular complexity index is 619. The summed E-state index contributed by atoms with van der Waals surface area (Å²) >= 11 is 7.03. The molecular formula is C16H14ClFO2S. The van der Waals surface area contributed by atoms with Crippen LogP contribution in [0.5, 0.6) is 0 Å². The van der Waals surface area contributed by atoms with E-state index >= 15 is 0 Å². The molecule has 2 rings (SSSR count). The second-order valence-corrected chi connectivity index (χ2v) is 6.19. The lowest BCUT2D eigenvalue weighted by atomic mass is 10.1. The Morgan fingerprint density at radius 2 is 1.95 bits per heavy atom. The number of halogens is 2. The van der Waals surface area contributed by atoms with Gasteiger partial charge in [-0.15, -0.1) is 11.8 Å². The summed E-state index contributed by atoms with van der Waals surface area (Å²) in [7, 11) is 0. The molecule has 0 fully saturated rings. The molecule has 1 atom stereocenters. The molecule has 0 aliphatic rings. The van der Waals surface area contributed by atoms with Crippen molar-refractivity contribution in [1.82, 2.24) is 0 Å². The number of benzene rings is 2. The Kier molecular flexibility index (Phi) is 5.65. The van der Waals surface area contributed by atoms with Gasteiger partial charge in [0.25, 0.3) is 0 Å². The van der Waals surface area contributed by atoms with Crippen LogP contribution in [-0.2, 0) is 17.0 Å². The monoisotopic (exact) mass is 324 g/mol. The minimum Gasteiger partial charge on any atom is -0.480 e. The van der Waals surface area contributed by atoms with Crippen molar-refractivity contribution in [1.29, 1.82) is 0 Å². The fourth-order valence-corrected chi connectivity index (χ4v) is 3.14. The summed E-state index contributed by atoms with van der Waals surface area (Å²) in [5.74, 6) is -0.988. The number of carboxylic acid groups (broad SMARTS) is 1. The van der Waals surface area contributed by atoms with Crippen LogP contribution in [0.2, 0.25) is 5.02 Å². The van der Waals surface area contributed by atoms with Crippen molar-refractivity contribution in [2.75, 3.05) is 0 Å². The predicted molar refractivity (Wildman–Crippen MR) is 84.3 cm³/mol. The van der Waals surface area contributed by atoms with Crippen LogP contribution in [0.3, 0.4) is 0 Å². The van der Waals surface area contributed by atoms with Gasteiger partial charge in [-0.3, -0.25) is 4.79 Å². The molecular weight excluding hydrogens is 311 g/mol. The number of rotatable bonds is 6. The number of hydrogen-bond acceptors (Lipinski definition) is 2. The number of carboxylic acids is 1. The van der Waals surface area contributed by atoms with Gasteiger partial charge in [0.2, 0.25) is 0 Å². The molecule has 0 saturated carbocycles. The van der Waals surface area contributed by atoms with Gasteiger partial charge in [0.1, 0.15) is 11.1 Å². The van der Waals surface area contributed by atoms with Gasteiger partial charge in [-0.2, -0.15) is 0 Å². The van der Waals surface area contributed by atoms with Crippen molar-refractivity contribution in [2.24, 2.45) is 0 Å². The van der Waals surface area contributed by atoms with Crippen molar-refractivity contribution in [3.05, 3.63) is 70.5 Å². The molecule has 21 heavy (non-hydrogen) atoms. The van der Waals surface area contributed by atoms with E-state index in [-0.39, 0.29) is 11.6 Å². The molecule has 110 valence electrons. The van der Waals surface area contributed by atoms with Gasteiger partial charge in [-0.05, 0) is 35.7 Å². The summed E-state index contributed by atoms with van der Waals surface area (Å²) in [6.07, 6.45) is 0.406. The first-order chi connectivity index (χ1) is 10.1. The molecule has 0 saturated heterocycles. The first kappa shape index (κ1) is 15.9. The third kappa shape index (κ3) is 4.76. The Labute approximate surface area is 131 Å². The molecule has 0 amide bonds. The average molecular weight is 325 g/mol. The van der Waals surface area contributed by atoms with E-state index in [9.17, 15) is 14.3 Å². The van der Waals surface area contributed by atoms with Crippen molar-refractivity contribution in [3.8, 4) is 0 Å². The first-order valence-electron chi connectivity index (χ1n) is 6.38. The van der Waals surface area contributed by atoms with E-state index in [2.05, 4.69) is 0 Å². The maximum absolute atomic E-state index is 13.6. The summed E-state index contributed by atoms with van der Waals surface area (Å²) in [5.41, 5.74) is 1.37. The molecule has 2 nitrogen and oxygen atoms in total. The lowest BCUT2D eigenvalue weighted by Gasteiger charge is -2.12. The van der Waals surface area contributed by atoms with Gasteiger partial charge in [0, 0.05) is 10.8 Å². The molecule has 0 aromatic heterocycles. The molecule has 0 aliphatic carbocycles. The third-order valence-electron chi connectivity index (χ3n) is 2.99. The van der Waals surface area contributed by atoms with Crippen LogP contribution >= 0.6 is 23.4 Å². The smallest absolute Gasteiger partial charge is 0.316 e. The molecule has 1 N–H and O–H groups in total. The Balaban J connectivity index is 2.03. The molecule has 1 unspecified atom stereocenters. The highest BCUT2D eigenvalue weighted by Crippen LogP contribution is 2.25. The summed E-state index contributed by atoms with van der Waals surface area (Å²) in [6.45, 7) is 0. The molecule has 0 bridgehead atoms. The van der Waals surface area contributed by atoms with Gasteiger partial charge in [-0.1, -0.05) is 41.9 Å². The van der Waals surface area contributed by atoms with Gasteiger partial charge in [0.05, 0.1) is 0 Å². The maximum Gasteiger partial charge on any atom is 0.316 e. The van der Waals surface area contributed by atoms with E-state index in [1.54, 1.807) is 0 Å². The fraction of sp³-hybridized carbons (Fsp3) is 0.188. The maximum atomic E-state index is 13.6. The van der Waals surface area contributed by atoms with Crippen molar-refractivity contribution < 1.29 is 14.3 Å². The molecule has 5 heteroatoms. The third-order valence-corrected chi connectivity index (χ3v) is 4.47. The summed E-state index contributed by atoms with van der Waals surface area (Å²) in [5, 5.41) is 9.12. The van der Waals surface area contributed by atoms with Crippen LogP contribution in [-0.4, -0.2) is 16.3 Å². The van der Waals surface area contributed by atoms with E-state index in [0.717, 1.165) is 5.56 Å². The van der Waals surface area contributed by atoms with E-state index < -0.39 is 11.2 Å². The van der Waals surface area contributed by atoms with Crippen LogP contribution < -0.4 is 0 Å². The van der Waals surface area contributed by atoms with E-state index in [1.807, 2.05) is 30.3 Å². The molecule has 2 aromatic carbocycles. The highest BCUT2D eigenvalue weighted by atomic mass is 35.5. The lowest BCUT2D eigenvalue weighted by Crippen LogP contribution is -2.19. The van der Waals surface area contributed by atoms with Crippen molar-refractivity contribution in [2.45, 2.75) is 17.4 Å². The first-order valence-corrected chi connectivity index (χ1v) is 7.81. The second-order valence-electron chi connectivity index (χ2n) is 4.56. The summed E-state index contributed by atoms with van der Waals surface area (Å²) in [4.78, 5) is 11.3. The zero-order valence-electron chi connectivity index (χ0n) is 11.1. The van der Waals surface area contributed by atoms with Gasteiger partial charge in [-0.25, -0.2) is 4.39 Å². The van der Waals surface area contributed by atoms with E-state index in [4.69, 9.17) is 11.6 Å². The minimum absolute atomic E-state index is 0.274. The van der Waals surface area contributed by atoms with E-state index in [1.165, 1.54) is 30.0 Å². The molecule has 0 aliphatic heterocycles. The quantitative estimate of drug-likeness (QED) is 0.855. The zero-order chi connectivity index (χ0) is 15.2. The highest BCUT2D eigenvalue weighted by molar-refractivity contribution is 7.99. The standard InChI is InChI=1S/C16H14ClFO2S/c17-13-6-7-14(18)12(9-13)10-21-15(16(19)20)8-11-4-2-1-3-5-11/h1-7,9,15H,8,10H2,(H,19,20). The topological polar surface area (TPSA) is 37.3 Å². The van der Waals surface area contributed by atoms with Gasteiger partial charge >= 0.3 is 5.97 Å². The van der Waals surface area contributed by atoms with Crippen LogP contribution in [0.1, 0.15) is 11.1 Å². The average Bonchev–Trinajstić information content (AvgIpc) is 2.47. The fourth-order valence-electron chi connectivity index (χ4n) is 1.89. The minimum atomic E-state index is -0.897. The zero-order valence-corrected chi connectivity index (χ0v) is 12.7. The number of aliphatic carboxylic acids is 1. The van der Waals surface area contributed by atoms with Crippen molar-refractivity contribution in [3.63, 3.8) is 0 Å². The van der Waals surface area contributed by atoms with Crippen molar-refractivity contribution >= 4 is 29.3 Å². The SMILES string of the molecule is O=C(O)C(Cc1ccccc1)SCc1cc(Cl)ccc1F. The summed E-state index contributed by atoms with van der Waals surface area (Å²) in [6, 6.07) is 13.7. The lowest BCUT2D eigenvalue weighted by molar-refractivity contribution is -0.136. The molecule has 2 aromatic rings. The number of thioether (sulfide) groups is 1. The molecule has 0 heterocycles. The van der Waals surface area contributed by atoms with Crippen LogP contribution in [0.15, 0.2) is 48.5 Å². The number of hydrogen-bond donors (Lipinski definition) is 1. The normalized spacial score (nSPS) is 12.1. The summed E-state index contributed by atoms with van der Waals surface area (Å²) < 4.78 is 13.6.